The van der Waals surface area contributed by atoms with Crippen LogP contribution < -0.4 is 18.9 Å². The maximum absolute atomic E-state index is 12.7. The molecule has 0 aliphatic rings. The Morgan fingerprint density at radius 1 is 0.711 bits per heavy atom. The lowest BCUT2D eigenvalue weighted by Crippen LogP contribution is -2.10. The number of carbonyl (C=O) groups excluding carboxylic acids is 3. The highest BCUT2D eigenvalue weighted by molar-refractivity contribution is 5.91. The Balaban J connectivity index is 1.41. The number of aliphatic hydroxyl groups is 1. The summed E-state index contributed by atoms with van der Waals surface area (Å²) in [5, 5.41) is 10.6. The van der Waals surface area contributed by atoms with Crippen LogP contribution in [0.3, 0.4) is 0 Å². The van der Waals surface area contributed by atoms with Crippen molar-refractivity contribution in [2.24, 2.45) is 0 Å². The smallest absolute Gasteiger partial charge is 0.343 e. The molecule has 0 saturated heterocycles. The zero-order valence-electron chi connectivity index (χ0n) is 25.3. The fourth-order valence-corrected chi connectivity index (χ4v) is 3.83. The monoisotopic (exact) mass is 618 g/mol. The van der Waals surface area contributed by atoms with E-state index < -0.39 is 24.2 Å². The van der Waals surface area contributed by atoms with E-state index in [0.29, 0.717) is 91.8 Å². The predicted molar refractivity (Wildman–Crippen MR) is 166 cm³/mol. The van der Waals surface area contributed by atoms with Gasteiger partial charge in [0.05, 0.1) is 32.0 Å². The molecule has 0 heterocycles. The lowest BCUT2D eigenvalue weighted by Gasteiger charge is -2.16. The molecule has 0 saturated carbocycles. The van der Waals surface area contributed by atoms with E-state index in [9.17, 15) is 19.5 Å². The van der Waals surface area contributed by atoms with Crippen LogP contribution in [0.25, 0.3) is 0 Å². The minimum Gasteiger partial charge on any atom is -0.494 e. The van der Waals surface area contributed by atoms with Crippen molar-refractivity contribution in [3.8, 4) is 23.0 Å². The van der Waals surface area contributed by atoms with Crippen LogP contribution in [0.2, 0.25) is 0 Å². The first-order valence-corrected chi connectivity index (χ1v) is 14.5. The number of benzene rings is 3. The molecule has 0 aliphatic heterocycles. The standard InChI is InChI=1S/C35H38O10/c1-4-32(36)42-22-8-6-20-40-28-14-10-26(11-15-28)34(38)44-30-18-19-31(25(3)24-30)45-35(39)27-12-16-29(17-13-27)41-21-7-9-23-43-33(37)5-2/h4-5,10-19,24,34,38H,1-2,6-9,20-23H2,3H3. The van der Waals surface area contributed by atoms with Gasteiger partial charge in [-0.2, -0.15) is 0 Å². The van der Waals surface area contributed by atoms with E-state index in [4.69, 9.17) is 28.4 Å². The van der Waals surface area contributed by atoms with Gasteiger partial charge in [-0.3, -0.25) is 0 Å². The third kappa shape index (κ3) is 12.2. The number of unbranched alkanes of at least 4 members (excludes halogenated alkanes) is 2. The molecule has 238 valence electrons. The van der Waals surface area contributed by atoms with E-state index in [1.54, 1.807) is 73.7 Å². The summed E-state index contributed by atoms with van der Waals surface area (Å²) in [4.78, 5) is 34.7. The second kappa shape index (κ2) is 18.5. The van der Waals surface area contributed by atoms with Gasteiger partial charge in [0, 0.05) is 17.7 Å². The van der Waals surface area contributed by atoms with Crippen LogP contribution in [0.4, 0.5) is 0 Å². The number of ether oxygens (including phenoxy) is 6. The summed E-state index contributed by atoms with van der Waals surface area (Å²) in [6, 6.07) is 18.4. The number of rotatable bonds is 19. The first-order valence-electron chi connectivity index (χ1n) is 14.5. The third-order valence-electron chi connectivity index (χ3n) is 6.29. The van der Waals surface area contributed by atoms with E-state index >= 15 is 0 Å². The summed E-state index contributed by atoms with van der Waals surface area (Å²) in [7, 11) is 0. The maximum atomic E-state index is 12.7. The Morgan fingerprint density at radius 2 is 1.20 bits per heavy atom. The molecule has 3 aromatic rings. The number of carbonyl (C=O) groups is 3. The Kier molecular flexibility index (Phi) is 14.2. The van der Waals surface area contributed by atoms with Gasteiger partial charge < -0.3 is 33.5 Å². The number of hydrogen-bond acceptors (Lipinski definition) is 10. The highest BCUT2D eigenvalue weighted by atomic mass is 16.6. The maximum Gasteiger partial charge on any atom is 0.343 e. The summed E-state index contributed by atoms with van der Waals surface area (Å²) in [5.74, 6) is 0.590. The van der Waals surface area contributed by atoms with Gasteiger partial charge in [-0.15, -0.1) is 0 Å². The molecule has 0 fully saturated rings. The Labute approximate surface area is 262 Å². The minimum atomic E-state index is -1.22. The lowest BCUT2D eigenvalue weighted by molar-refractivity contribution is -0.138. The molecule has 0 aliphatic carbocycles. The topological polar surface area (TPSA) is 127 Å². The van der Waals surface area contributed by atoms with E-state index in [1.807, 2.05) is 0 Å². The van der Waals surface area contributed by atoms with E-state index in [0.717, 1.165) is 12.2 Å². The van der Waals surface area contributed by atoms with Crippen molar-refractivity contribution in [2.75, 3.05) is 26.4 Å². The first-order chi connectivity index (χ1) is 21.8. The Bertz CT molecular complexity index is 1410. The zero-order chi connectivity index (χ0) is 32.4. The minimum absolute atomic E-state index is 0.303. The largest absolute Gasteiger partial charge is 0.494 e. The summed E-state index contributed by atoms with van der Waals surface area (Å²) in [6.07, 6.45) is 3.78. The van der Waals surface area contributed by atoms with Crippen LogP contribution in [-0.4, -0.2) is 49.4 Å². The highest BCUT2D eigenvalue weighted by Gasteiger charge is 2.14. The van der Waals surface area contributed by atoms with E-state index in [2.05, 4.69) is 13.2 Å². The van der Waals surface area contributed by atoms with Crippen molar-refractivity contribution in [3.05, 3.63) is 109 Å². The molecule has 1 unspecified atom stereocenters. The van der Waals surface area contributed by atoms with Gasteiger partial charge in [0.1, 0.15) is 23.0 Å². The molecule has 3 aromatic carbocycles. The summed E-state index contributed by atoms with van der Waals surface area (Å²) in [5.41, 5.74) is 1.54. The van der Waals surface area contributed by atoms with Gasteiger partial charge >= 0.3 is 17.9 Å². The van der Waals surface area contributed by atoms with Gasteiger partial charge in [0.15, 0.2) is 0 Å². The normalized spacial score (nSPS) is 11.1. The molecule has 1 N–H and O–H groups in total. The number of esters is 3. The molecular formula is C35H38O10. The van der Waals surface area contributed by atoms with Gasteiger partial charge in [-0.05, 0) is 105 Å². The SMILES string of the molecule is C=CC(=O)OCCCCOc1ccc(C(=O)Oc2ccc(OC(O)c3ccc(OCCCCOC(=O)C=C)cc3)cc2C)cc1. The van der Waals surface area contributed by atoms with Crippen molar-refractivity contribution in [1.29, 1.82) is 0 Å². The second-order valence-electron chi connectivity index (χ2n) is 9.73. The number of aryl methyl sites for hydroxylation is 1. The van der Waals surface area contributed by atoms with Crippen LogP contribution in [0, 0.1) is 6.92 Å². The quantitative estimate of drug-likeness (QED) is 0.0557. The molecule has 0 bridgehead atoms. The molecule has 10 nitrogen and oxygen atoms in total. The van der Waals surface area contributed by atoms with Gasteiger partial charge in [-0.1, -0.05) is 13.2 Å². The van der Waals surface area contributed by atoms with Gasteiger partial charge in [-0.25, -0.2) is 14.4 Å². The fraction of sp³-hybridized carbons (Fsp3) is 0.286. The zero-order valence-corrected chi connectivity index (χ0v) is 25.3. The van der Waals surface area contributed by atoms with Crippen molar-refractivity contribution in [3.63, 3.8) is 0 Å². The van der Waals surface area contributed by atoms with Crippen molar-refractivity contribution >= 4 is 17.9 Å². The highest BCUT2D eigenvalue weighted by Crippen LogP contribution is 2.28. The van der Waals surface area contributed by atoms with Crippen LogP contribution in [0.15, 0.2) is 92.0 Å². The molecule has 0 aromatic heterocycles. The lowest BCUT2D eigenvalue weighted by atomic mass is 10.2. The van der Waals surface area contributed by atoms with Crippen LogP contribution in [0.1, 0.15) is 53.5 Å². The first kappa shape index (κ1) is 34.4. The Morgan fingerprint density at radius 3 is 1.71 bits per heavy atom. The molecule has 3 rings (SSSR count). The van der Waals surface area contributed by atoms with Crippen LogP contribution in [0.5, 0.6) is 23.0 Å². The predicted octanol–water partition coefficient (Wildman–Crippen LogP) is 6.06. The fourth-order valence-electron chi connectivity index (χ4n) is 3.83. The molecule has 1 atom stereocenters. The molecule has 0 spiro atoms. The molecule has 0 radical (unpaired) electrons. The second-order valence-corrected chi connectivity index (χ2v) is 9.73. The third-order valence-corrected chi connectivity index (χ3v) is 6.29. The molecule has 0 amide bonds. The molecule has 45 heavy (non-hydrogen) atoms. The summed E-state index contributed by atoms with van der Waals surface area (Å²) >= 11 is 0. The van der Waals surface area contributed by atoms with Crippen molar-refractivity contribution in [1.82, 2.24) is 0 Å². The number of aliphatic hydroxyl groups excluding tert-OH is 1. The number of hydrogen-bond donors (Lipinski definition) is 1. The molecular weight excluding hydrogens is 580 g/mol. The van der Waals surface area contributed by atoms with Gasteiger partial charge in [0.2, 0.25) is 6.29 Å². The average molecular weight is 619 g/mol. The summed E-state index contributed by atoms with van der Waals surface area (Å²) in [6.45, 7) is 9.97. The molecule has 10 heteroatoms. The van der Waals surface area contributed by atoms with E-state index in [-0.39, 0.29) is 0 Å². The van der Waals surface area contributed by atoms with Gasteiger partial charge in [0.25, 0.3) is 0 Å². The summed E-state index contributed by atoms with van der Waals surface area (Å²) < 4.78 is 32.4. The van der Waals surface area contributed by atoms with Crippen molar-refractivity contribution < 1.29 is 47.9 Å². The van der Waals surface area contributed by atoms with Crippen LogP contribution in [-0.2, 0) is 19.1 Å². The van der Waals surface area contributed by atoms with Crippen LogP contribution >= 0.6 is 0 Å². The van der Waals surface area contributed by atoms with Crippen molar-refractivity contribution in [2.45, 2.75) is 38.9 Å². The average Bonchev–Trinajstić information content (AvgIpc) is 3.05. The Hall–Kier alpha value is -5.09. The van der Waals surface area contributed by atoms with E-state index in [1.165, 1.54) is 0 Å².